The molecule has 3 aromatic rings. The number of halogens is 1. The third-order valence-corrected chi connectivity index (χ3v) is 6.62. The highest BCUT2D eigenvalue weighted by Crippen LogP contribution is 2.41. The summed E-state index contributed by atoms with van der Waals surface area (Å²) < 4.78 is 20.6. The Bertz CT molecular complexity index is 1040. The zero-order valence-electron chi connectivity index (χ0n) is 17.8. The molecule has 0 amide bonds. The third kappa shape index (κ3) is 4.37. The van der Waals surface area contributed by atoms with Gasteiger partial charge in [-0.1, -0.05) is 32.9 Å². The Hall–Kier alpha value is -2.38. The summed E-state index contributed by atoms with van der Waals surface area (Å²) in [5, 5.41) is 4.22. The van der Waals surface area contributed by atoms with Crippen LogP contribution in [0.15, 0.2) is 30.5 Å². The fourth-order valence-corrected chi connectivity index (χ4v) is 4.52. The first-order valence-electron chi connectivity index (χ1n) is 10.3. The van der Waals surface area contributed by atoms with Gasteiger partial charge in [-0.2, -0.15) is 0 Å². The molecule has 7 heteroatoms. The molecule has 1 aliphatic rings. The predicted octanol–water partition coefficient (Wildman–Crippen LogP) is 5.60. The summed E-state index contributed by atoms with van der Waals surface area (Å²) in [5.74, 6) is 0.305. The molecule has 1 aliphatic heterocycles. The van der Waals surface area contributed by atoms with Crippen LogP contribution in [0, 0.1) is 12.7 Å². The average Bonchev–Trinajstić information content (AvgIpc) is 3.38. The molecule has 1 aromatic carbocycles. The number of aromatic nitrogens is 3. The van der Waals surface area contributed by atoms with Crippen LogP contribution < -0.4 is 5.32 Å². The standard InChI is InChI=1S/C23H27FN4OS/c1-14-7-5-9-16(18(14)24)19-20(30-21(28-19)23(2,3)4)17-10-11-25-22(27-17)26-13-15-8-6-12-29-15/h5,7,9-11,15H,6,8,12-13H2,1-4H3,(H,25,26,27). The molecule has 5 nitrogen and oxygen atoms in total. The Morgan fingerprint density at radius 3 is 2.80 bits per heavy atom. The SMILES string of the molecule is Cc1cccc(-c2nc(C(C)(C)C)sc2-c2ccnc(NCC3CCCO3)n2)c1F. The maximum atomic E-state index is 15.0. The number of aryl methyl sites for hydroxylation is 1. The molecule has 1 saturated heterocycles. The van der Waals surface area contributed by atoms with Gasteiger partial charge in [-0.05, 0) is 37.5 Å². The smallest absolute Gasteiger partial charge is 0.223 e. The van der Waals surface area contributed by atoms with Crippen molar-refractivity contribution in [3.8, 4) is 21.8 Å². The van der Waals surface area contributed by atoms with Gasteiger partial charge in [0.05, 0.1) is 27.4 Å². The van der Waals surface area contributed by atoms with Gasteiger partial charge in [-0.15, -0.1) is 11.3 Å². The van der Waals surface area contributed by atoms with Crippen LogP contribution in [0.5, 0.6) is 0 Å². The number of nitrogens with one attached hydrogen (secondary N) is 1. The van der Waals surface area contributed by atoms with E-state index in [4.69, 9.17) is 14.7 Å². The molecule has 3 heterocycles. The summed E-state index contributed by atoms with van der Waals surface area (Å²) in [6.45, 7) is 9.60. The molecule has 2 aromatic heterocycles. The second kappa shape index (κ2) is 8.40. The van der Waals surface area contributed by atoms with E-state index in [1.807, 2.05) is 12.1 Å². The van der Waals surface area contributed by atoms with Crippen LogP contribution in [-0.4, -0.2) is 34.2 Å². The Kier molecular flexibility index (Phi) is 5.84. The molecule has 0 bridgehead atoms. The fraction of sp³-hybridized carbons (Fsp3) is 0.435. The first-order chi connectivity index (χ1) is 14.3. The van der Waals surface area contributed by atoms with Crippen LogP contribution in [0.2, 0.25) is 0 Å². The number of nitrogens with zero attached hydrogens (tertiary/aromatic N) is 3. The second-order valence-electron chi connectivity index (χ2n) is 8.66. The predicted molar refractivity (Wildman–Crippen MR) is 119 cm³/mol. The number of anilines is 1. The van der Waals surface area contributed by atoms with Gasteiger partial charge < -0.3 is 10.1 Å². The first kappa shape index (κ1) is 20.9. The Morgan fingerprint density at radius 1 is 1.23 bits per heavy atom. The second-order valence-corrected chi connectivity index (χ2v) is 9.66. The lowest BCUT2D eigenvalue weighted by Gasteiger charge is -2.13. The van der Waals surface area contributed by atoms with E-state index >= 15 is 0 Å². The van der Waals surface area contributed by atoms with E-state index in [-0.39, 0.29) is 17.3 Å². The molecule has 1 atom stereocenters. The van der Waals surface area contributed by atoms with Crippen LogP contribution in [0.4, 0.5) is 10.3 Å². The van der Waals surface area contributed by atoms with Crippen LogP contribution in [-0.2, 0) is 10.2 Å². The van der Waals surface area contributed by atoms with Gasteiger partial charge in [0.15, 0.2) is 0 Å². The number of thiazole rings is 1. The molecular formula is C23H27FN4OS. The molecule has 0 spiro atoms. The van der Waals surface area contributed by atoms with Gasteiger partial charge in [0.1, 0.15) is 5.82 Å². The normalized spacial score (nSPS) is 16.8. The number of benzene rings is 1. The summed E-state index contributed by atoms with van der Waals surface area (Å²) in [4.78, 5) is 14.8. The van der Waals surface area contributed by atoms with Gasteiger partial charge in [0, 0.05) is 30.3 Å². The van der Waals surface area contributed by atoms with Crippen LogP contribution in [0.25, 0.3) is 21.8 Å². The number of hydrogen-bond donors (Lipinski definition) is 1. The van der Waals surface area contributed by atoms with E-state index in [9.17, 15) is 4.39 Å². The lowest BCUT2D eigenvalue weighted by Crippen LogP contribution is -2.19. The van der Waals surface area contributed by atoms with Gasteiger partial charge in [0.25, 0.3) is 0 Å². The highest BCUT2D eigenvalue weighted by atomic mass is 32.1. The summed E-state index contributed by atoms with van der Waals surface area (Å²) >= 11 is 1.56. The van der Waals surface area contributed by atoms with Crippen LogP contribution >= 0.6 is 11.3 Å². The molecule has 0 saturated carbocycles. The third-order valence-electron chi connectivity index (χ3n) is 5.12. The van der Waals surface area contributed by atoms with Crippen molar-refractivity contribution in [1.29, 1.82) is 0 Å². The molecule has 1 fully saturated rings. The fourth-order valence-electron chi connectivity index (χ4n) is 3.41. The topological polar surface area (TPSA) is 59.9 Å². The van der Waals surface area contributed by atoms with Crippen molar-refractivity contribution in [3.63, 3.8) is 0 Å². The lowest BCUT2D eigenvalue weighted by atomic mass is 9.98. The minimum absolute atomic E-state index is 0.147. The minimum Gasteiger partial charge on any atom is -0.376 e. The number of ether oxygens (including phenoxy) is 1. The molecule has 4 rings (SSSR count). The van der Waals surface area contributed by atoms with Crippen molar-refractivity contribution in [2.75, 3.05) is 18.5 Å². The van der Waals surface area contributed by atoms with Crippen molar-refractivity contribution < 1.29 is 9.13 Å². The molecule has 158 valence electrons. The minimum atomic E-state index is -0.240. The largest absolute Gasteiger partial charge is 0.376 e. The molecule has 0 radical (unpaired) electrons. The average molecular weight is 427 g/mol. The zero-order chi connectivity index (χ0) is 21.3. The summed E-state index contributed by atoms with van der Waals surface area (Å²) in [7, 11) is 0. The Balaban J connectivity index is 1.73. The number of hydrogen-bond acceptors (Lipinski definition) is 6. The van der Waals surface area contributed by atoms with Crippen molar-refractivity contribution in [2.45, 2.75) is 52.1 Å². The molecule has 1 unspecified atom stereocenters. The highest BCUT2D eigenvalue weighted by Gasteiger charge is 2.25. The van der Waals surface area contributed by atoms with E-state index in [1.165, 1.54) is 0 Å². The van der Waals surface area contributed by atoms with E-state index in [0.29, 0.717) is 29.3 Å². The zero-order valence-corrected chi connectivity index (χ0v) is 18.6. The monoisotopic (exact) mass is 426 g/mol. The van der Waals surface area contributed by atoms with E-state index in [1.54, 1.807) is 36.6 Å². The van der Waals surface area contributed by atoms with Crippen LogP contribution in [0.3, 0.4) is 0 Å². The van der Waals surface area contributed by atoms with Crippen molar-refractivity contribution in [2.24, 2.45) is 0 Å². The maximum absolute atomic E-state index is 15.0. The molecule has 1 N–H and O–H groups in total. The summed E-state index contributed by atoms with van der Waals surface area (Å²) in [5.41, 5.74) is 2.33. The molecular weight excluding hydrogens is 399 g/mol. The van der Waals surface area contributed by atoms with E-state index in [2.05, 4.69) is 31.1 Å². The molecule has 30 heavy (non-hydrogen) atoms. The number of rotatable bonds is 5. The van der Waals surface area contributed by atoms with E-state index < -0.39 is 0 Å². The van der Waals surface area contributed by atoms with Gasteiger partial charge >= 0.3 is 0 Å². The quantitative estimate of drug-likeness (QED) is 0.575. The maximum Gasteiger partial charge on any atom is 0.223 e. The first-order valence-corrected chi connectivity index (χ1v) is 11.1. The summed E-state index contributed by atoms with van der Waals surface area (Å²) in [6.07, 6.45) is 4.07. The Morgan fingerprint density at radius 2 is 2.07 bits per heavy atom. The van der Waals surface area contributed by atoms with Gasteiger partial charge in [-0.25, -0.2) is 19.3 Å². The van der Waals surface area contributed by atoms with Crippen molar-refractivity contribution in [3.05, 3.63) is 46.9 Å². The molecule has 0 aliphatic carbocycles. The highest BCUT2D eigenvalue weighted by molar-refractivity contribution is 7.15. The van der Waals surface area contributed by atoms with Gasteiger partial charge in [-0.3, -0.25) is 0 Å². The van der Waals surface area contributed by atoms with Crippen molar-refractivity contribution >= 4 is 17.3 Å². The van der Waals surface area contributed by atoms with Gasteiger partial charge in [0.2, 0.25) is 5.95 Å². The van der Waals surface area contributed by atoms with E-state index in [0.717, 1.165) is 35.0 Å². The Labute approximate surface area is 180 Å². The lowest BCUT2D eigenvalue weighted by molar-refractivity contribution is 0.120. The van der Waals surface area contributed by atoms with Crippen LogP contribution in [0.1, 0.15) is 44.2 Å². The van der Waals surface area contributed by atoms with Crippen molar-refractivity contribution in [1.82, 2.24) is 15.0 Å². The summed E-state index contributed by atoms with van der Waals surface area (Å²) in [6, 6.07) is 7.27.